The summed E-state index contributed by atoms with van der Waals surface area (Å²) in [6.07, 6.45) is 1.68. The minimum absolute atomic E-state index is 0.232. The number of rotatable bonds is 9. The highest BCUT2D eigenvalue weighted by Crippen LogP contribution is 2.37. The number of hydrogen-bond acceptors (Lipinski definition) is 5. The van der Waals surface area contributed by atoms with Crippen LogP contribution in [0.2, 0.25) is 0 Å². The van der Waals surface area contributed by atoms with Gasteiger partial charge in [0.05, 0.1) is 17.8 Å². The minimum atomic E-state index is -0.232. The molecule has 6 heteroatoms. The number of anilines is 2. The lowest BCUT2D eigenvalue weighted by Gasteiger charge is -2.21. The summed E-state index contributed by atoms with van der Waals surface area (Å²) in [5.74, 6) is 1.27. The molecule has 6 nitrogen and oxygen atoms in total. The molecule has 2 aromatic rings. The number of benzene rings is 1. The summed E-state index contributed by atoms with van der Waals surface area (Å²) >= 11 is 0. The van der Waals surface area contributed by atoms with E-state index in [-0.39, 0.29) is 5.54 Å². The van der Waals surface area contributed by atoms with E-state index in [1.54, 1.807) is 10.8 Å². The van der Waals surface area contributed by atoms with Crippen LogP contribution in [0.15, 0.2) is 62.4 Å². The van der Waals surface area contributed by atoms with Gasteiger partial charge in [-0.25, -0.2) is 4.68 Å². The van der Waals surface area contributed by atoms with Crippen molar-refractivity contribution >= 4 is 23.1 Å². The number of allylic oxidation sites excluding steroid dienone is 1. The largest absolute Gasteiger partial charge is 0.478 e. The molecule has 0 fully saturated rings. The molecule has 29 heavy (non-hydrogen) atoms. The van der Waals surface area contributed by atoms with E-state index in [9.17, 15) is 0 Å². The Labute approximate surface area is 172 Å². The van der Waals surface area contributed by atoms with Crippen LogP contribution in [0.5, 0.6) is 0 Å². The van der Waals surface area contributed by atoms with Gasteiger partial charge in [-0.05, 0) is 51.1 Å². The van der Waals surface area contributed by atoms with E-state index in [0.29, 0.717) is 19.0 Å². The molecule has 152 valence electrons. The molecule has 0 saturated heterocycles. The molecular formula is C23H29N5O. The molecule has 0 amide bonds. The van der Waals surface area contributed by atoms with Crippen molar-refractivity contribution in [2.24, 2.45) is 0 Å². The molecule has 0 atom stereocenters. The molecule has 0 aliphatic carbocycles. The second kappa shape index (κ2) is 8.01. The predicted molar refractivity (Wildman–Crippen MR) is 121 cm³/mol. The fourth-order valence-electron chi connectivity index (χ4n) is 3.37. The highest BCUT2D eigenvalue weighted by atomic mass is 16.5. The van der Waals surface area contributed by atoms with Crippen molar-refractivity contribution in [3.63, 3.8) is 0 Å². The zero-order valence-electron chi connectivity index (χ0n) is 17.4. The number of nitrogens with zero attached hydrogens (tertiary/aromatic N) is 2. The molecular weight excluding hydrogens is 362 g/mol. The van der Waals surface area contributed by atoms with Gasteiger partial charge in [0.1, 0.15) is 0 Å². The maximum Gasteiger partial charge on any atom is 0.207 e. The van der Waals surface area contributed by atoms with Crippen LogP contribution in [0.3, 0.4) is 0 Å². The zero-order chi connectivity index (χ0) is 21.2. The Kier molecular flexibility index (Phi) is 5.66. The van der Waals surface area contributed by atoms with Crippen LogP contribution in [0.25, 0.3) is 11.6 Å². The maximum absolute atomic E-state index is 5.61. The summed E-state index contributed by atoms with van der Waals surface area (Å²) in [7, 11) is 0. The average molecular weight is 392 g/mol. The number of nitrogens with one attached hydrogen (secondary N) is 3. The normalized spacial score (nSPS) is 14.0. The number of aromatic nitrogens is 2. The van der Waals surface area contributed by atoms with E-state index in [1.165, 1.54) is 0 Å². The van der Waals surface area contributed by atoms with Crippen LogP contribution in [0.4, 0.5) is 11.5 Å². The van der Waals surface area contributed by atoms with Gasteiger partial charge >= 0.3 is 0 Å². The Balaban J connectivity index is 1.84. The van der Waals surface area contributed by atoms with Crippen molar-refractivity contribution in [2.75, 3.05) is 17.2 Å². The monoisotopic (exact) mass is 391 g/mol. The van der Waals surface area contributed by atoms with Crippen LogP contribution in [0, 0.1) is 0 Å². The Bertz CT molecular complexity index is 966. The molecule has 3 N–H and O–H groups in total. The summed E-state index contributed by atoms with van der Waals surface area (Å²) in [5, 5.41) is 14.8. The molecule has 0 unspecified atom stereocenters. The second-order valence-corrected chi connectivity index (χ2v) is 7.43. The first-order chi connectivity index (χ1) is 13.8. The highest BCUT2D eigenvalue weighted by Gasteiger charge is 2.37. The highest BCUT2D eigenvalue weighted by molar-refractivity contribution is 5.77. The van der Waals surface area contributed by atoms with Crippen molar-refractivity contribution in [1.82, 2.24) is 15.1 Å². The van der Waals surface area contributed by atoms with Gasteiger partial charge in [0.2, 0.25) is 5.88 Å². The SMILES string of the molecule is C=CC(=C)Nc1ccc(C(=C)Nc2nn(C(=C)OCC)c3c2CNC3(C)C)cc1. The molecule has 3 rings (SSSR count). The minimum Gasteiger partial charge on any atom is -0.478 e. The fourth-order valence-corrected chi connectivity index (χ4v) is 3.37. The van der Waals surface area contributed by atoms with Crippen molar-refractivity contribution in [3.05, 3.63) is 79.2 Å². The topological polar surface area (TPSA) is 63.1 Å². The van der Waals surface area contributed by atoms with Gasteiger partial charge in [0.15, 0.2) is 5.82 Å². The molecule has 0 bridgehead atoms. The smallest absolute Gasteiger partial charge is 0.207 e. The average Bonchev–Trinajstić information content (AvgIpc) is 3.21. The molecule has 2 heterocycles. The van der Waals surface area contributed by atoms with Gasteiger partial charge in [-0.3, -0.25) is 0 Å². The van der Waals surface area contributed by atoms with Crippen LogP contribution in [-0.2, 0) is 16.8 Å². The second-order valence-electron chi connectivity index (χ2n) is 7.43. The Morgan fingerprint density at radius 1 is 1.24 bits per heavy atom. The molecule has 1 aromatic carbocycles. The van der Waals surface area contributed by atoms with Gasteiger partial charge in [-0.15, -0.1) is 5.10 Å². The Morgan fingerprint density at radius 2 is 1.93 bits per heavy atom. The van der Waals surface area contributed by atoms with Gasteiger partial charge in [-0.1, -0.05) is 31.9 Å². The van der Waals surface area contributed by atoms with Crippen molar-refractivity contribution in [2.45, 2.75) is 32.9 Å². The van der Waals surface area contributed by atoms with Crippen LogP contribution >= 0.6 is 0 Å². The first-order valence-corrected chi connectivity index (χ1v) is 9.61. The van der Waals surface area contributed by atoms with E-state index in [0.717, 1.165) is 39.7 Å². The lowest BCUT2D eigenvalue weighted by Crippen LogP contribution is -2.32. The summed E-state index contributed by atoms with van der Waals surface area (Å²) in [4.78, 5) is 0. The Morgan fingerprint density at radius 3 is 2.55 bits per heavy atom. The molecule has 0 saturated carbocycles. The molecule has 0 spiro atoms. The van der Waals surface area contributed by atoms with E-state index >= 15 is 0 Å². The van der Waals surface area contributed by atoms with Crippen molar-refractivity contribution < 1.29 is 4.74 Å². The third kappa shape index (κ3) is 4.12. The molecule has 0 radical (unpaired) electrons. The molecule has 1 aliphatic heterocycles. The fraction of sp³-hybridized carbons (Fsp3) is 0.261. The number of hydrogen-bond donors (Lipinski definition) is 3. The van der Waals surface area contributed by atoms with Gasteiger partial charge in [0.25, 0.3) is 0 Å². The molecule has 1 aromatic heterocycles. The van der Waals surface area contributed by atoms with Gasteiger partial charge in [0, 0.05) is 29.2 Å². The van der Waals surface area contributed by atoms with E-state index < -0.39 is 0 Å². The predicted octanol–water partition coefficient (Wildman–Crippen LogP) is 4.88. The number of ether oxygens (including phenoxy) is 1. The van der Waals surface area contributed by atoms with Crippen LogP contribution in [0.1, 0.15) is 37.6 Å². The van der Waals surface area contributed by atoms with Crippen molar-refractivity contribution in [3.8, 4) is 0 Å². The van der Waals surface area contributed by atoms with Gasteiger partial charge < -0.3 is 20.7 Å². The first kappa shape index (κ1) is 20.5. The maximum atomic E-state index is 5.61. The first-order valence-electron chi connectivity index (χ1n) is 9.61. The summed E-state index contributed by atoms with van der Waals surface area (Å²) < 4.78 is 7.39. The lowest BCUT2D eigenvalue weighted by molar-refractivity contribution is 0.267. The lowest BCUT2D eigenvalue weighted by atomic mass is 10.0. The standard InChI is InChI=1S/C23H29N5O/c1-8-15(3)25-19-12-10-18(11-13-19)16(4)26-22-20-14-24-23(6,7)21(20)28(27-22)17(5)29-9-2/h8,10-13,24-25H,1,3-5,9,14H2,2,6-7H3,(H,26,27). The van der Waals surface area contributed by atoms with Crippen LogP contribution in [-0.4, -0.2) is 16.4 Å². The van der Waals surface area contributed by atoms with E-state index in [1.807, 2.05) is 31.2 Å². The number of fused-ring (bicyclic) bond motifs is 1. The summed E-state index contributed by atoms with van der Waals surface area (Å²) in [6, 6.07) is 7.93. The Hall–Kier alpha value is -3.25. The third-order valence-corrected chi connectivity index (χ3v) is 4.88. The summed E-state index contributed by atoms with van der Waals surface area (Å²) in [6.45, 7) is 23.2. The molecule has 1 aliphatic rings. The van der Waals surface area contributed by atoms with Crippen LogP contribution < -0.4 is 16.0 Å². The van der Waals surface area contributed by atoms with Gasteiger partial charge in [-0.2, -0.15) is 0 Å². The zero-order valence-corrected chi connectivity index (χ0v) is 17.4. The third-order valence-electron chi connectivity index (χ3n) is 4.88. The van der Waals surface area contributed by atoms with Crippen molar-refractivity contribution in [1.29, 1.82) is 0 Å². The summed E-state index contributed by atoms with van der Waals surface area (Å²) in [5.41, 5.74) is 5.34. The van der Waals surface area contributed by atoms with E-state index in [4.69, 9.17) is 9.84 Å². The quantitative estimate of drug-likeness (QED) is 0.420. The van der Waals surface area contributed by atoms with E-state index in [2.05, 4.69) is 56.1 Å².